The number of hydrogen-bond acceptors (Lipinski definition) is 5. The monoisotopic (exact) mass is 310 g/mol. The second kappa shape index (κ2) is 6.77. The van der Waals surface area contributed by atoms with Crippen LogP contribution in [-0.4, -0.2) is 30.6 Å². The van der Waals surface area contributed by atoms with Crippen molar-refractivity contribution in [1.82, 2.24) is 4.98 Å². The van der Waals surface area contributed by atoms with Gasteiger partial charge in [-0.3, -0.25) is 4.79 Å². The summed E-state index contributed by atoms with van der Waals surface area (Å²) in [7, 11) is 0. The maximum atomic E-state index is 12.1. The third kappa shape index (κ3) is 3.57. The number of carbonyl (C=O) groups excluding carboxylic acids is 1. The Labute approximate surface area is 131 Å². The molecule has 0 amide bonds. The molecular weight excluding hydrogens is 284 g/mol. The maximum Gasteiger partial charge on any atom is 0.317 e. The van der Waals surface area contributed by atoms with Gasteiger partial charge in [0.2, 0.25) is 0 Å². The molecule has 1 fully saturated rings. The molecule has 0 saturated carbocycles. The number of thiazole rings is 1. The number of anilines is 1. The smallest absolute Gasteiger partial charge is 0.317 e. The molecule has 1 saturated heterocycles. The zero-order valence-corrected chi connectivity index (χ0v) is 14.3. The van der Waals surface area contributed by atoms with Gasteiger partial charge in [-0.2, -0.15) is 0 Å². The van der Waals surface area contributed by atoms with Gasteiger partial charge in [0.05, 0.1) is 12.3 Å². The van der Waals surface area contributed by atoms with Crippen LogP contribution in [0.15, 0.2) is 5.38 Å². The average Bonchev–Trinajstić information content (AvgIpc) is 2.98. The van der Waals surface area contributed by atoms with Gasteiger partial charge in [-0.05, 0) is 39.5 Å². The predicted octanol–water partition coefficient (Wildman–Crippen LogP) is 3.61. The van der Waals surface area contributed by atoms with Crippen molar-refractivity contribution in [3.63, 3.8) is 0 Å². The standard InChI is InChI=1S/C16H26N2O2S/c1-5-12-7-9-18(10-8-12)15-17-13(11-21-15)16(3,4)14(19)20-6-2/h11-12H,5-10H2,1-4H3. The summed E-state index contributed by atoms with van der Waals surface area (Å²) in [6, 6.07) is 0. The minimum Gasteiger partial charge on any atom is -0.465 e. The van der Waals surface area contributed by atoms with Crippen molar-refractivity contribution in [2.45, 2.75) is 52.4 Å². The highest BCUT2D eigenvalue weighted by atomic mass is 32.1. The van der Waals surface area contributed by atoms with Crippen LogP contribution in [0.4, 0.5) is 5.13 Å². The van der Waals surface area contributed by atoms with Gasteiger partial charge in [0, 0.05) is 18.5 Å². The van der Waals surface area contributed by atoms with Crippen molar-refractivity contribution in [3.05, 3.63) is 11.1 Å². The molecule has 5 heteroatoms. The molecule has 1 aliphatic heterocycles. The van der Waals surface area contributed by atoms with Crippen molar-refractivity contribution < 1.29 is 9.53 Å². The van der Waals surface area contributed by atoms with Gasteiger partial charge in [0.15, 0.2) is 5.13 Å². The first kappa shape index (κ1) is 16.3. The topological polar surface area (TPSA) is 42.4 Å². The Morgan fingerprint density at radius 1 is 1.43 bits per heavy atom. The number of hydrogen-bond donors (Lipinski definition) is 0. The van der Waals surface area contributed by atoms with Crippen LogP contribution in [-0.2, 0) is 14.9 Å². The van der Waals surface area contributed by atoms with E-state index < -0.39 is 5.41 Å². The van der Waals surface area contributed by atoms with E-state index in [1.165, 1.54) is 19.3 Å². The van der Waals surface area contributed by atoms with Crippen molar-refractivity contribution in [2.24, 2.45) is 5.92 Å². The molecule has 1 aromatic heterocycles. The second-order valence-electron chi connectivity index (χ2n) is 6.20. The minimum absolute atomic E-state index is 0.202. The van der Waals surface area contributed by atoms with Crippen molar-refractivity contribution in [1.29, 1.82) is 0 Å². The molecule has 1 aliphatic rings. The molecule has 0 aliphatic carbocycles. The van der Waals surface area contributed by atoms with Crippen LogP contribution in [0.5, 0.6) is 0 Å². The SMILES string of the molecule is CCOC(=O)C(C)(C)c1csc(N2CCC(CC)CC2)n1. The quantitative estimate of drug-likeness (QED) is 0.779. The van der Waals surface area contributed by atoms with Crippen LogP contribution < -0.4 is 4.90 Å². The second-order valence-corrected chi connectivity index (χ2v) is 7.04. The summed E-state index contributed by atoms with van der Waals surface area (Å²) in [4.78, 5) is 19.1. The molecule has 1 aromatic rings. The molecule has 0 radical (unpaired) electrons. The molecule has 0 aromatic carbocycles. The van der Waals surface area contributed by atoms with E-state index in [2.05, 4.69) is 11.8 Å². The summed E-state index contributed by atoms with van der Waals surface area (Å²) < 4.78 is 5.16. The van der Waals surface area contributed by atoms with E-state index in [0.717, 1.165) is 29.8 Å². The lowest BCUT2D eigenvalue weighted by Gasteiger charge is -2.31. The van der Waals surface area contributed by atoms with Gasteiger partial charge in [-0.1, -0.05) is 13.3 Å². The largest absolute Gasteiger partial charge is 0.465 e. The Hall–Kier alpha value is -1.10. The molecule has 0 spiro atoms. The van der Waals surface area contributed by atoms with Gasteiger partial charge < -0.3 is 9.64 Å². The summed E-state index contributed by atoms with van der Waals surface area (Å²) >= 11 is 1.63. The summed E-state index contributed by atoms with van der Waals surface area (Å²) in [6.45, 7) is 10.4. The lowest BCUT2D eigenvalue weighted by atomic mass is 9.90. The van der Waals surface area contributed by atoms with E-state index in [4.69, 9.17) is 9.72 Å². The Morgan fingerprint density at radius 3 is 2.67 bits per heavy atom. The molecule has 2 heterocycles. The minimum atomic E-state index is -0.674. The first-order valence-corrected chi connectivity index (χ1v) is 8.75. The number of aromatic nitrogens is 1. The van der Waals surface area contributed by atoms with Gasteiger partial charge in [-0.25, -0.2) is 4.98 Å². The van der Waals surface area contributed by atoms with Gasteiger partial charge in [0.1, 0.15) is 5.41 Å². The summed E-state index contributed by atoms with van der Waals surface area (Å²) in [5, 5.41) is 3.04. The predicted molar refractivity (Wildman–Crippen MR) is 87.0 cm³/mol. The highest BCUT2D eigenvalue weighted by molar-refractivity contribution is 7.13. The highest BCUT2D eigenvalue weighted by Crippen LogP contribution is 2.32. The van der Waals surface area contributed by atoms with Crippen LogP contribution in [0.1, 0.15) is 52.7 Å². The van der Waals surface area contributed by atoms with Crippen LogP contribution in [0.3, 0.4) is 0 Å². The van der Waals surface area contributed by atoms with Crippen LogP contribution in [0.2, 0.25) is 0 Å². The first-order valence-electron chi connectivity index (χ1n) is 7.87. The third-order valence-corrected chi connectivity index (χ3v) is 5.28. The van der Waals surface area contributed by atoms with Crippen LogP contribution in [0, 0.1) is 5.92 Å². The Kier molecular flexibility index (Phi) is 5.25. The lowest BCUT2D eigenvalue weighted by Crippen LogP contribution is -2.34. The first-order chi connectivity index (χ1) is 9.98. The number of rotatable bonds is 5. The number of carbonyl (C=O) groups is 1. The number of piperidine rings is 1. The van der Waals surface area contributed by atoms with E-state index in [9.17, 15) is 4.79 Å². The Morgan fingerprint density at radius 2 is 2.10 bits per heavy atom. The molecule has 21 heavy (non-hydrogen) atoms. The molecule has 2 rings (SSSR count). The van der Waals surface area contributed by atoms with Crippen molar-refractivity contribution in [2.75, 3.05) is 24.6 Å². The van der Waals surface area contributed by atoms with Gasteiger partial charge in [-0.15, -0.1) is 11.3 Å². The zero-order valence-electron chi connectivity index (χ0n) is 13.5. The van der Waals surface area contributed by atoms with E-state index in [1.807, 2.05) is 26.2 Å². The fourth-order valence-corrected chi connectivity index (χ4v) is 3.69. The van der Waals surface area contributed by atoms with E-state index in [1.54, 1.807) is 11.3 Å². The van der Waals surface area contributed by atoms with Crippen LogP contribution in [0.25, 0.3) is 0 Å². The normalized spacial score (nSPS) is 17.0. The number of ether oxygens (including phenoxy) is 1. The highest BCUT2D eigenvalue weighted by Gasteiger charge is 2.34. The van der Waals surface area contributed by atoms with Gasteiger partial charge in [0.25, 0.3) is 0 Å². The van der Waals surface area contributed by atoms with E-state index >= 15 is 0 Å². The molecule has 118 valence electrons. The lowest BCUT2D eigenvalue weighted by molar-refractivity contribution is -0.148. The number of esters is 1. The molecule has 0 atom stereocenters. The zero-order chi connectivity index (χ0) is 15.5. The third-order valence-electron chi connectivity index (χ3n) is 4.38. The van der Waals surface area contributed by atoms with Crippen LogP contribution >= 0.6 is 11.3 Å². The molecular formula is C16H26N2O2S. The Balaban J connectivity index is 2.06. The summed E-state index contributed by atoms with van der Waals surface area (Å²) in [5.41, 5.74) is 0.144. The molecule has 0 unspecified atom stereocenters. The van der Waals surface area contributed by atoms with Crippen molar-refractivity contribution in [3.8, 4) is 0 Å². The maximum absolute atomic E-state index is 12.1. The fourth-order valence-electron chi connectivity index (χ4n) is 2.65. The van der Waals surface area contributed by atoms with Gasteiger partial charge >= 0.3 is 5.97 Å². The molecule has 0 N–H and O–H groups in total. The summed E-state index contributed by atoms with van der Waals surface area (Å²) in [6.07, 6.45) is 3.76. The van der Waals surface area contributed by atoms with E-state index in [-0.39, 0.29) is 5.97 Å². The molecule has 4 nitrogen and oxygen atoms in total. The average molecular weight is 310 g/mol. The Bertz CT molecular complexity index is 476. The van der Waals surface area contributed by atoms with E-state index in [0.29, 0.717) is 6.61 Å². The number of nitrogens with zero attached hydrogens (tertiary/aromatic N) is 2. The van der Waals surface area contributed by atoms with Crippen molar-refractivity contribution >= 4 is 22.4 Å². The fraction of sp³-hybridized carbons (Fsp3) is 0.750. The molecule has 0 bridgehead atoms. The summed E-state index contributed by atoms with van der Waals surface area (Å²) in [5.74, 6) is 0.656.